The van der Waals surface area contributed by atoms with E-state index in [9.17, 15) is 75.7 Å². The third kappa shape index (κ3) is 8.39. The van der Waals surface area contributed by atoms with Crippen LogP contribution in [0.1, 0.15) is 13.3 Å². The molecule has 0 aromatic heterocycles. The SMILES string of the molecule is CC(=O)N[C@H]1[C@H]([C@H](O)[C@H](O)CO)O[C@](O[C@H]2[C@@H](O)[C@@H](CO)O[C@@H](O[C@@H]([C@H](O)[C@@H](O)C=O)[C@H](O)CO)[C@@H]2O)(C(=O)O)C[C@@H]1O. The summed E-state index contributed by atoms with van der Waals surface area (Å²) < 4.78 is 21.5. The summed E-state index contributed by atoms with van der Waals surface area (Å²) in [5, 5.41) is 124. The molecule has 13 N–H and O–H groups in total. The van der Waals surface area contributed by atoms with Gasteiger partial charge in [0.05, 0.1) is 32.0 Å². The minimum atomic E-state index is -3.07. The molecule has 250 valence electrons. The minimum Gasteiger partial charge on any atom is -0.477 e. The van der Waals surface area contributed by atoms with E-state index < -0.39 is 129 Å². The van der Waals surface area contributed by atoms with Crippen molar-refractivity contribution in [3.63, 3.8) is 0 Å². The zero-order chi connectivity index (χ0) is 32.8. The lowest BCUT2D eigenvalue weighted by Gasteiger charge is -2.50. The number of aliphatic hydroxyl groups is 11. The number of amides is 1. The Labute approximate surface area is 243 Å². The molecule has 0 aromatic rings. The van der Waals surface area contributed by atoms with Crippen molar-refractivity contribution in [1.29, 1.82) is 0 Å². The van der Waals surface area contributed by atoms with Crippen molar-refractivity contribution in [2.24, 2.45) is 0 Å². The standard InChI is InChI=1S/C23H39NO19/c1-7(29)24-13-8(30)2-23(22(38)39,42-19(13)15(35)10(32)4-26)43-20-16(36)12(6-28)40-21(17(20)37)41-18(11(33)5-27)14(34)9(31)3-25/h3,8-21,26-28,30-37H,2,4-6H2,1H3,(H,24,29)(H,38,39)/t8-,9-,10+,11+,12+,13+,14+,15+,16-,17+,18+,19+,20-,21-,23+/m0/s1. The predicted octanol–water partition coefficient (Wildman–Crippen LogP) is -8.38. The van der Waals surface area contributed by atoms with Gasteiger partial charge in [-0.1, -0.05) is 0 Å². The average molecular weight is 634 g/mol. The number of ether oxygens (including phenoxy) is 4. The maximum Gasteiger partial charge on any atom is 0.364 e. The molecule has 2 rings (SSSR count). The fourth-order valence-electron chi connectivity index (χ4n) is 4.71. The second-order valence-electron chi connectivity index (χ2n) is 10.1. The van der Waals surface area contributed by atoms with Crippen molar-refractivity contribution in [2.45, 2.75) is 105 Å². The Bertz CT molecular complexity index is 927. The van der Waals surface area contributed by atoms with Crippen LogP contribution in [0.15, 0.2) is 0 Å². The highest BCUT2D eigenvalue weighted by molar-refractivity contribution is 5.76. The minimum absolute atomic E-state index is 0.134. The van der Waals surface area contributed by atoms with Crippen molar-refractivity contribution < 1.29 is 94.6 Å². The molecule has 0 unspecified atom stereocenters. The topological polar surface area (TPSA) is 343 Å². The lowest BCUT2D eigenvalue weighted by molar-refractivity contribution is -0.377. The highest BCUT2D eigenvalue weighted by Crippen LogP contribution is 2.37. The van der Waals surface area contributed by atoms with E-state index >= 15 is 0 Å². The molecule has 0 radical (unpaired) electrons. The van der Waals surface area contributed by atoms with Gasteiger partial charge in [-0.15, -0.1) is 0 Å². The van der Waals surface area contributed by atoms with Crippen LogP contribution < -0.4 is 5.32 Å². The zero-order valence-corrected chi connectivity index (χ0v) is 22.7. The van der Waals surface area contributed by atoms with Crippen LogP contribution in [0.4, 0.5) is 0 Å². The number of carbonyl (C=O) groups is 3. The fourth-order valence-corrected chi connectivity index (χ4v) is 4.71. The fraction of sp³-hybridized carbons (Fsp3) is 0.870. The van der Waals surface area contributed by atoms with E-state index in [0.29, 0.717) is 0 Å². The molecule has 0 spiro atoms. The number of hydrogen-bond acceptors (Lipinski definition) is 18. The van der Waals surface area contributed by atoms with E-state index in [1.54, 1.807) is 0 Å². The van der Waals surface area contributed by atoms with Crippen LogP contribution in [0.2, 0.25) is 0 Å². The van der Waals surface area contributed by atoms with Gasteiger partial charge in [-0.3, -0.25) is 4.79 Å². The Morgan fingerprint density at radius 1 is 1.02 bits per heavy atom. The first-order chi connectivity index (χ1) is 20.1. The van der Waals surface area contributed by atoms with E-state index in [4.69, 9.17) is 18.9 Å². The Kier molecular flexibility index (Phi) is 13.7. The van der Waals surface area contributed by atoms with E-state index in [0.717, 1.165) is 6.92 Å². The van der Waals surface area contributed by atoms with Crippen LogP contribution in [0.25, 0.3) is 0 Å². The van der Waals surface area contributed by atoms with Crippen LogP contribution in [-0.2, 0) is 33.3 Å². The third-order valence-electron chi connectivity index (χ3n) is 7.02. The quantitative estimate of drug-likeness (QED) is 0.0744. The maximum absolute atomic E-state index is 12.5. The van der Waals surface area contributed by atoms with Crippen molar-refractivity contribution in [1.82, 2.24) is 5.32 Å². The molecule has 20 heteroatoms. The third-order valence-corrected chi connectivity index (χ3v) is 7.02. The number of carboxylic acids is 1. The molecule has 0 aromatic carbocycles. The van der Waals surface area contributed by atoms with Crippen molar-refractivity contribution >= 4 is 18.2 Å². The van der Waals surface area contributed by atoms with E-state index in [2.05, 4.69) is 5.32 Å². The van der Waals surface area contributed by atoms with E-state index in [-0.39, 0.29) is 6.29 Å². The monoisotopic (exact) mass is 633 g/mol. The molecule has 0 aliphatic carbocycles. The summed E-state index contributed by atoms with van der Waals surface area (Å²) in [7, 11) is 0. The maximum atomic E-state index is 12.5. The first-order valence-electron chi connectivity index (χ1n) is 13.0. The number of hydrogen-bond donors (Lipinski definition) is 13. The lowest BCUT2D eigenvalue weighted by Crippen LogP contribution is -2.70. The number of carbonyl (C=O) groups excluding carboxylic acids is 2. The Morgan fingerprint density at radius 2 is 1.63 bits per heavy atom. The number of rotatable bonds is 15. The van der Waals surface area contributed by atoms with Crippen molar-refractivity contribution in [3.8, 4) is 0 Å². The first kappa shape index (κ1) is 37.2. The number of aliphatic carboxylic acids is 1. The number of aldehydes is 1. The Balaban J connectivity index is 2.49. The molecule has 2 saturated heterocycles. The van der Waals surface area contributed by atoms with Gasteiger partial charge in [-0.25, -0.2) is 4.79 Å². The van der Waals surface area contributed by atoms with Crippen molar-refractivity contribution in [2.75, 3.05) is 19.8 Å². The van der Waals surface area contributed by atoms with Crippen LogP contribution in [0.5, 0.6) is 0 Å². The molecule has 0 bridgehead atoms. The Morgan fingerprint density at radius 3 is 2.12 bits per heavy atom. The zero-order valence-electron chi connectivity index (χ0n) is 22.7. The molecule has 0 saturated carbocycles. The van der Waals surface area contributed by atoms with Gasteiger partial charge in [0.25, 0.3) is 5.79 Å². The highest BCUT2D eigenvalue weighted by atomic mass is 16.8. The average Bonchev–Trinajstić information content (AvgIpc) is 2.97. The van der Waals surface area contributed by atoms with Gasteiger partial charge in [-0.05, 0) is 0 Å². The van der Waals surface area contributed by atoms with Gasteiger partial charge in [0.15, 0.2) is 12.6 Å². The van der Waals surface area contributed by atoms with Gasteiger partial charge < -0.3 is 90.3 Å². The molecular formula is C23H39NO19. The molecule has 2 aliphatic heterocycles. The normalized spacial score (nSPS) is 37.4. The number of aliphatic hydroxyl groups excluding tert-OH is 11. The van der Waals surface area contributed by atoms with Gasteiger partial charge in [0.1, 0.15) is 67.1 Å². The molecule has 1 amide bonds. The summed E-state index contributed by atoms with van der Waals surface area (Å²) in [6, 6.07) is -1.57. The number of carboxylic acid groups (broad SMARTS) is 1. The first-order valence-corrected chi connectivity index (χ1v) is 13.0. The van der Waals surface area contributed by atoms with E-state index in [1.165, 1.54) is 0 Å². The number of nitrogens with one attached hydrogen (secondary N) is 1. The molecule has 2 fully saturated rings. The van der Waals surface area contributed by atoms with E-state index in [1.807, 2.05) is 0 Å². The molecule has 2 aliphatic rings. The summed E-state index contributed by atoms with van der Waals surface area (Å²) >= 11 is 0. The smallest absolute Gasteiger partial charge is 0.364 e. The Hall–Kier alpha value is -1.99. The molecule has 20 nitrogen and oxygen atoms in total. The predicted molar refractivity (Wildman–Crippen MR) is 131 cm³/mol. The molecule has 15 atom stereocenters. The van der Waals surface area contributed by atoms with Crippen LogP contribution >= 0.6 is 0 Å². The summed E-state index contributed by atoms with van der Waals surface area (Å²) in [4.78, 5) is 35.2. The molecular weight excluding hydrogens is 594 g/mol. The van der Waals surface area contributed by atoms with Gasteiger partial charge in [0, 0.05) is 13.3 Å². The van der Waals surface area contributed by atoms with Crippen LogP contribution in [-0.4, -0.2) is 191 Å². The summed E-state index contributed by atoms with van der Waals surface area (Å²) in [5.74, 6) is -5.85. The second-order valence-corrected chi connectivity index (χ2v) is 10.1. The van der Waals surface area contributed by atoms with Crippen LogP contribution in [0, 0.1) is 0 Å². The lowest BCUT2D eigenvalue weighted by atomic mass is 9.88. The van der Waals surface area contributed by atoms with Gasteiger partial charge >= 0.3 is 5.97 Å². The largest absolute Gasteiger partial charge is 0.477 e. The molecule has 2 heterocycles. The summed E-state index contributed by atoms with van der Waals surface area (Å²) in [6.07, 6.45) is -28.0. The van der Waals surface area contributed by atoms with Gasteiger partial charge in [0.2, 0.25) is 5.91 Å². The second kappa shape index (κ2) is 15.8. The summed E-state index contributed by atoms with van der Waals surface area (Å²) in [6.45, 7) is -2.18. The van der Waals surface area contributed by atoms with Crippen molar-refractivity contribution in [3.05, 3.63) is 0 Å². The highest BCUT2D eigenvalue weighted by Gasteiger charge is 2.59. The molecule has 43 heavy (non-hydrogen) atoms. The van der Waals surface area contributed by atoms with Crippen LogP contribution in [0.3, 0.4) is 0 Å². The summed E-state index contributed by atoms with van der Waals surface area (Å²) in [5.41, 5.74) is 0. The van der Waals surface area contributed by atoms with Gasteiger partial charge in [-0.2, -0.15) is 0 Å².